The van der Waals surface area contributed by atoms with Crippen LogP contribution in [0.15, 0.2) is 42.5 Å². The molecule has 0 saturated heterocycles. The van der Waals surface area contributed by atoms with Crippen molar-refractivity contribution in [3.63, 3.8) is 0 Å². The Morgan fingerprint density at radius 3 is 2.43 bits per heavy atom. The van der Waals surface area contributed by atoms with E-state index < -0.39 is 0 Å². The average Bonchev–Trinajstić information content (AvgIpc) is 3.13. The van der Waals surface area contributed by atoms with Gasteiger partial charge in [0.2, 0.25) is 0 Å². The van der Waals surface area contributed by atoms with Gasteiger partial charge in [0.15, 0.2) is 5.13 Å². The summed E-state index contributed by atoms with van der Waals surface area (Å²) in [5, 5.41) is 0.744. The number of anilines is 1. The molecule has 5 nitrogen and oxygen atoms in total. The van der Waals surface area contributed by atoms with Crippen LogP contribution >= 0.6 is 11.3 Å². The first-order valence-corrected chi connectivity index (χ1v) is 10.4. The number of fused-ring (bicyclic) bond motifs is 1. The van der Waals surface area contributed by atoms with Gasteiger partial charge in [-0.1, -0.05) is 31.3 Å². The number of aryl methyl sites for hydroxylation is 1. The molecule has 0 bridgehead atoms. The lowest BCUT2D eigenvalue weighted by Gasteiger charge is -2.24. The summed E-state index contributed by atoms with van der Waals surface area (Å²) >= 11 is 1.57. The first-order valence-electron chi connectivity index (χ1n) is 9.61. The molecule has 0 fully saturated rings. The molecule has 3 rings (SSSR count). The van der Waals surface area contributed by atoms with Crippen LogP contribution in [-0.4, -0.2) is 49.1 Å². The fraction of sp³-hybridized carbons (Fsp3) is 0.364. The van der Waals surface area contributed by atoms with Crippen LogP contribution in [0, 0.1) is 6.92 Å². The van der Waals surface area contributed by atoms with Crippen LogP contribution in [0.4, 0.5) is 5.13 Å². The number of hydrogen-bond donors (Lipinski definition) is 0. The van der Waals surface area contributed by atoms with Crippen molar-refractivity contribution >= 4 is 32.6 Å². The number of carbonyl (C=O) groups excluding carboxylic acids is 1. The van der Waals surface area contributed by atoms with Gasteiger partial charge in [0.1, 0.15) is 5.75 Å². The van der Waals surface area contributed by atoms with Crippen LogP contribution in [0.3, 0.4) is 0 Å². The van der Waals surface area contributed by atoms with Gasteiger partial charge in [0.25, 0.3) is 5.91 Å². The molecule has 0 N–H and O–H groups in total. The number of thiazole rings is 1. The molecule has 0 saturated carbocycles. The summed E-state index contributed by atoms with van der Waals surface area (Å²) in [6, 6.07) is 13.4. The van der Waals surface area contributed by atoms with Crippen LogP contribution in [0.25, 0.3) is 10.2 Å². The van der Waals surface area contributed by atoms with Crippen LogP contribution in [0.1, 0.15) is 29.8 Å². The van der Waals surface area contributed by atoms with E-state index in [1.54, 1.807) is 23.3 Å². The standard InChI is InChI=1S/C22H27N3O2S/c1-5-24(6-2)13-14-25(21(26)17-8-10-18(27-4)11-9-17)22-23-19-12-7-16(3)15-20(19)28-22/h7-12,15H,5-6,13-14H2,1-4H3. The SMILES string of the molecule is CCN(CC)CCN(C(=O)c1ccc(OC)cc1)c1nc2ccc(C)cc2s1. The minimum absolute atomic E-state index is 0.0365. The lowest BCUT2D eigenvalue weighted by Crippen LogP contribution is -2.38. The second-order valence-corrected chi connectivity index (χ2v) is 7.69. The molecule has 0 spiro atoms. The first kappa shape index (κ1) is 20.3. The van der Waals surface area contributed by atoms with Gasteiger partial charge in [0.05, 0.1) is 17.3 Å². The number of rotatable bonds is 8. The summed E-state index contributed by atoms with van der Waals surface area (Å²) < 4.78 is 6.31. The number of likely N-dealkylation sites (N-methyl/N-ethyl adjacent to an activating group) is 1. The van der Waals surface area contributed by atoms with Crippen LogP contribution in [0.2, 0.25) is 0 Å². The lowest BCUT2D eigenvalue weighted by molar-refractivity contribution is 0.0983. The summed E-state index contributed by atoms with van der Waals surface area (Å²) in [6.07, 6.45) is 0. The van der Waals surface area contributed by atoms with Gasteiger partial charge in [0, 0.05) is 18.7 Å². The highest BCUT2D eigenvalue weighted by Crippen LogP contribution is 2.30. The van der Waals surface area contributed by atoms with E-state index in [0.717, 1.165) is 40.7 Å². The zero-order valence-electron chi connectivity index (χ0n) is 16.9. The Bertz CT molecular complexity index is 933. The average molecular weight is 398 g/mol. The molecule has 1 aromatic heterocycles. The van der Waals surface area contributed by atoms with Crippen LogP contribution in [0.5, 0.6) is 5.75 Å². The molecule has 2 aromatic carbocycles. The van der Waals surface area contributed by atoms with Crippen molar-refractivity contribution in [1.82, 2.24) is 9.88 Å². The van der Waals surface area contributed by atoms with E-state index in [2.05, 4.69) is 37.8 Å². The summed E-state index contributed by atoms with van der Waals surface area (Å²) in [4.78, 5) is 22.2. The predicted octanol–water partition coefficient (Wildman–Crippen LogP) is 4.60. The second-order valence-electron chi connectivity index (χ2n) is 6.68. The van der Waals surface area contributed by atoms with Gasteiger partial charge < -0.3 is 9.64 Å². The van der Waals surface area contributed by atoms with Crippen molar-refractivity contribution < 1.29 is 9.53 Å². The predicted molar refractivity (Wildman–Crippen MR) is 117 cm³/mol. The lowest BCUT2D eigenvalue weighted by atomic mass is 10.2. The molecular weight excluding hydrogens is 370 g/mol. The molecule has 0 radical (unpaired) electrons. The Morgan fingerprint density at radius 1 is 1.07 bits per heavy atom. The number of amides is 1. The highest BCUT2D eigenvalue weighted by Gasteiger charge is 2.22. The maximum atomic E-state index is 13.3. The number of benzene rings is 2. The first-order chi connectivity index (χ1) is 13.5. The third kappa shape index (κ3) is 4.51. The third-order valence-corrected chi connectivity index (χ3v) is 5.92. The van der Waals surface area contributed by atoms with Crippen LogP contribution < -0.4 is 9.64 Å². The van der Waals surface area contributed by atoms with E-state index in [9.17, 15) is 4.79 Å². The third-order valence-electron chi connectivity index (χ3n) is 4.88. The van der Waals surface area contributed by atoms with Gasteiger partial charge in [-0.05, 0) is 62.0 Å². The number of aromatic nitrogens is 1. The Balaban J connectivity index is 1.93. The zero-order valence-corrected chi connectivity index (χ0v) is 17.8. The monoisotopic (exact) mass is 397 g/mol. The number of methoxy groups -OCH3 is 1. The van der Waals surface area contributed by atoms with Gasteiger partial charge in [-0.2, -0.15) is 0 Å². The minimum atomic E-state index is -0.0365. The molecule has 0 aliphatic rings. The fourth-order valence-electron chi connectivity index (χ4n) is 3.09. The molecule has 0 unspecified atom stereocenters. The van der Waals surface area contributed by atoms with Crippen molar-refractivity contribution in [3.05, 3.63) is 53.6 Å². The molecular formula is C22H27N3O2S. The van der Waals surface area contributed by atoms with E-state index >= 15 is 0 Å². The van der Waals surface area contributed by atoms with E-state index in [4.69, 9.17) is 9.72 Å². The van der Waals surface area contributed by atoms with E-state index in [0.29, 0.717) is 12.1 Å². The molecule has 3 aromatic rings. The molecule has 1 amide bonds. The maximum Gasteiger partial charge on any atom is 0.260 e. The molecule has 0 aliphatic carbocycles. The Kier molecular flexibility index (Phi) is 6.65. The quantitative estimate of drug-likeness (QED) is 0.557. The number of nitrogens with zero attached hydrogens (tertiary/aromatic N) is 3. The van der Waals surface area contributed by atoms with Crippen molar-refractivity contribution in [2.45, 2.75) is 20.8 Å². The number of ether oxygens (including phenoxy) is 1. The summed E-state index contributed by atoms with van der Waals surface area (Å²) in [5.41, 5.74) is 2.76. The smallest absolute Gasteiger partial charge is 0.260 e. The molecule has 1 heterocycles. The number of hydrogen-bond acceptors (Lipinski definition) is 5. The Labute approximate surface area is 170 Å². The summed E-state index contributed by atoms with van der Waals surface area (Å²) in [7, 11) is 1.62. The molecule has 148 valence electrons. The maximum absolute atomic E-state index is 13.3. The topological polar surface area (TPSA) is 45.7 Å². The second kappa shape index (κ2) is 9.17. The van der Waals surface area contributed by atoms with Crippen molar-refractivity contribution in [2.75, 3.05) is 38.2 Å². The Hall–Kier alpha value is -2.44. The van der Waals surface area contributed by atoms with Gasteiger partial charge in [-0.15, -0.1) is 0 Å². The highest BCUT2D eigenvalue weighted by molar-refractivity contribution is 7.22. The van der Waals surface area contributed by atoms with E-state index in [1.165, 1.54) is 5.56 Å². The molecule has 6 heteroatoms. The van der Waals surface area contributed by atoms with E-state index in [-0.39, 0.29) is 5.91 Å². The summed E-state index contributed by atoms with van der Waals surface area (Å²) in [5.74, 6) is 0.701. The Morgan fingerprint density at radius 2 is 1.79 bits per heavy atom. The molecule has 0 aliphatic heterocycles. The van der Waals surface area contributed by atoms with E-state index in [1.807, 2.05) is 30.3 Å². The minimum Gasteiger partial charge on any atom is -0.497 e. The normalized spacial score (nSPS) is 11.2. The van der Waals surface area contributed by atoms with Gasteiger partial charge >= 0.3 is 0 Å². The molecule has 0 atom stereocenters. The largest absolute Gasteiger partial charge is 0.497 e. The number of carbonyl (C=O) groups is 1. The molecule has 28 heavy (non-hydrogen) atoms. The summed E-state index contributed by atoms with van der Waals surface area (Å²) in [6.45, 7) is 9.67. The van der Waals surface area contributed by atoms with Crippen molar-refractivity contribution in [1.29, 1.82) is 0 Å². The van der Waals surface area contributed by atoms with Crippen molar-refractivity contribution in [3.8, 4) is 5.75 Å². The fourth-order valence-corrected chi connectivity index (χ4v) is 4.18. The highest BCUT2D eigenvalue weighted by atomic mass is 32.1. The zero-order chi connectivity index (χ0) is 20.1. The van der Waals surface area contributed by atoms with Gasteiger partial charge in [-0.3, -0.25) is 9.69 Å². The van der Waals surface area contributed by atoms with Crippen molar-refractivity contribution in [2.24, 2.45) is 0 Å². The van der Waals surface area contributed by atoms with Gasteiger partial charge in [-0.25, -0.2) is 4.98 Å². The van der Waals surface area contributed by atoms with Crippen LogP contribution in [-0.2, 0) is 0 Å².